The molecule has 1 saturated heterocycles. The maximum absolute atomic E-state index is 12.8. The number of imide groups is 1. The highest BCUT2D eigenvalue weighted by atomic mass is 79.9. The highest BCUT2D eigenvalue weighted by Crippen LogP contribution is 2.34. The minimum atomic E-state index is -4.18. The third kappa shape index (κ3) is 7.13. The first-order valence-electron chi connectivity index (χ1n) is 11.2. The molecule has 1 fully saturated rings. The molecule has 4 amide bonds. The monoisotopic (exact) mass is 629 g/mol. The van der Waals surface area contributed by atoms with Gasteiger partial charge in [-0.05, 0) is 87.9 Å². The summed E-state index contributed by atoms with van der Waals surface area (Å²) in [5, 5.41) is 4.60. The first-order chi connectivity index (χ1) is 18.5. The molecule has 200 valence electrons. The Morgan fingerprint density at radius 3 is 2.28 bits per heavy atom. The number of halogens is 1. The predicted octanol–water partition coefficient (Wildman–Crippen LogP) is 4.85. The Kier molecular flexibility index (Phi) is 8.53. The van der Waals surface area contributed by atoms with Crippen LogP contribution >= 0.6 is 27.7 Å². The van der Waals surface area contributed by atoms with Gasteiger partial charge < -0.3 is 14.8 Å². The number of nitrogens with zero attached hydrogens (tertiary/aromatic N) is 1. The average Bonchev–Trinajstić information content (AvgIpc) is 3.13. The molecule has 10 nitrogen and oxygen atoms in total. The van der Waals surface area contributed by atoms with Crippen molar-refractivity contribution in [2.45, 2.75) is 11.8 Å². The third-order valence-corrected chi connectivity index (χ3v) is 7.92. The van der Waals surface area contributed by atoms with E-state index in [2.05, 4.69) is 26.6 Å². The summed E-state index contributed by atoms with van der Waals surface area (Å²) < 4.78 is 30.9. The lowest BCUT2D eigenvalue weighted by atomic mass is 10.2. The number of rotatable bonds is 8. The van der Waals surface area contributed by atoms with Crippen LogP contribution in [0.1, 0.15) is 12.5 Å². The molecule has 0 spiro atoms. The quantitative estimate of drug-likeness (QED) is 0.266. The fourth-order valence-electron chi connectivity index (χ4n) is 3.40. The molecule has 13 heteroatoms. The normalized spacial score (nSPS) is 14.4. The van der Waals surface area contributed by atoms with Crippen LogP contribution in [0.25, 0.3) is 6.08 Å². The van der Waals surface area contributed by atoms with Gasteiger partial charge in [0.2, 0.25) is 11.8 Å². The van der Waals surface area contributed by atoms with Crippen LogP contribution in [-0.2, 0) is 24.5 Å². The second-order valence-corrected chi connectivity index (χ2v) is 11.5. The van der Waals surface area contributed by atoms with E-state index in [1.807, 2.05) is 0 Å². The molecule has 1 heterocycles. The van der Waals surface area contributed by atoms with E-state index in [9.17, 15) is 27.6 Å². The van der Waals surface area contributed by atoms with E-state index in [0.29, 0.717) is 28.7 Å². The van der Waals surface area contributed by atoms with Gasteiger partial charge in [0.05, 0.1) is 9.38 Å². The Balaban J connectivity index is 1.43. The molecule has 0 unspecified atom stereocenters. The van der Waals surface area contributed by atoms with E-state index in [0.717, 1.165) is 4.90 Å². The number of hydrogen-bond donors (Lipinski definition) is 2. The second kappa shape index (κ2) is 11.8. The molecule has 3 aromatic carbocycles. The molecule has 39 heavy (non-hydrogen) atoms. The summed E-state index contributed by atoms with van der Waals surface area (Å²) in [5.41, 5.74) is 1.47. The van der Waals surface area contributed by atoms with Crippen molar-refractivity contribution in [3.05, 3.63) is 87.7 Å². The summed E-state index contributed by atoms with van der Waals surface area (Å²) in [6.45, 7) is 0.905. The van der Waals surface area contributed by atoms with Crippen molar-refractivity contribution in [3.63, 3.8) is 0 Å². The highest BCUT2D eigenvalue weighted by Gasteiger charge is 2.36. The standard InChI is InChI=1S/C26H20BrN3O7S2/c1-16(31)28-19-8-10-20(11-9-19)39(35,36)37-22-12-7-17(13-21(22)27)14-23-25(33)30(26(34)38-23)15-24(32)29-18-5-3-2-4-6-18/h2-14H,15H2,1H3,(H,28,31)(H,29,32)/b23-14-. The number of carbonyl (C=O) groups is 4. The molecule has 0 atom stereocenters. The van der Waals surface area contributed by atoms with E-state index in [1.165, 1.54) is 55.5 Å². The molecule has 0 aliphatic carbocycles. The van der Waals surface area contributed by atoms with Gasteiger partial charge in [-0.25, -0.2) is 0 Å². The number of hydrogen-bond acceptors (Lipinski definition) is 8. The SMILES string of the molecule is CC(=O)Nc1ccc(S(=O)(=O)Oc2ccc(/C=C3\SC(=O)N(CC(=O)Nc4ccccc4)C3=O)cc2Br)cc1. The first kappa shape index (κ1) is 28.1. The van der Waals surface area contributed by atoms with Gasteiger partial charge in [-0.3, -0.25) is 24.1 Å². The molecular formula is C26H20BrN3O7S2. The van der Waals surface area contributed by atoms with Crippen molar-refractivity contribution in [3.8, 4) is 5.75 Å². The van der Waals surface area contributed by atoms with E-state index >= 15 is 0 Å². The van der Waals surface area contributed by atoms with Gasteiger partial charge in [-0.2, -0.15) is 8.42 Å². The Bertz CT molecular complexity index is 1590. The van der Waals surface area contributed by atoms with Gasteiger partial charge in [0.25, 0.3) is 11.1 Å². The lowest BCUT2D eigenvalue weighted by molar-refractivity contribution is -0.127. The highest BCUT2D eigenvalue weighted by molar-refractivity contribution is 9.10. The van der Waals surface area contributed by atoms with Crippen LogP contribution in [0.3, 0.4) is 0 Å². The molecule has 0 saturated carbocycles. The molecular weight excluding hydrogens is 610 g/mol. The van der Waals surface area contributed by atoms with Crippen molar-refractivity contribution in [2.24, 2.45) is 0 Å². The van der Waals surface area contributed by atoms with Crippen LogP contribution in [0.4, 0.5) is 16.2 Å². The van der Waals surface area contributed by atoms with E-state index in [4.69, 9.17) is 4.18 Å². The summed E-state index contributed by atoms with van der Waals surface area (Å²) in [6.07, 6.45) is 1.46. The minimum Gasteiger partial charge on any atom is -0.378 e. The molecule has 1 aliphatic heterocycles. The second-order valence-electron chi connectivity index (χ2n) is 8.11. The maximum atomic E-state index is 12.8. The van der Waals surface area contributed by atoms with Gasteiger partial charge in [0.15, 0.2) is 5.75 Å². The Morgan fingerprint density at radius 1 is 0.974 bits per heavy atom. The lowest BCUT2D eigenvalue weighted by Crippen LogP contribution is -2.36. The summed E-state index contributed by atoms with van der Waals surface area (Å²) in [4.78, 5) is 49.5. The lowest BCUT2D eigenvalue weighted by Gasteiger charge is -2.12. The molecule has 4 rings (SSSR count). The van der Waals surface area contributed by atoms with Crippen molar-refractivity contribution in [1.29, 1.82) is 0 Å². The van der Waals surface area contributed by atoms with Crippen molar-refractivity contribution in [2.75, 3.05) is 17.2 Å². The largest absolute Gasteiger partial charge is 0.378 e. The van der Waals surface area contributed by atoms with E-state index in [-0.39, 0.29) is 25.9 Å². The topological polar surface area (TPSA) is 139 Å². The number of benzene rings is 3. The summed E-state index contributed by atoms with van der Waals surface area (Å²) >= 11 is 3.97. The number of carbonyl (C=O) groups excluding carboxylic acids is 4. The molecule has 3 aromatic rings. The number of anilines is 2. The van der Waals surface area contributed by atoms with Crippen LogP contribution < -0.4 is 14.8 Å². The fourth-order valence-corrected chi connectivity index (χ4v) is 5.77. The molecule has 2 N–H and O–H groups in total. The molecule has 0 bridgehead atoms. The van der Waals surface area contributed by atoms with Crippen molar-refractivity contribution in [1.82, 2.24) is 4.90 Å². The van der Waals surface area contributed by atoms with E-state index < -0.39 is 33.7 Å². The maximum Gasteiger partial charge on any atom is 0.339 e. The van der Waals surface area contributed by atoms with Gasteiger partial charge in [-0.15, -0.1) is 0 Å². The van der Waals surface area contributed by atoms with Crippen LogP contribution in [0.5, 0.6) is 5.75 Å². The summed E-state index contributed by atoms with van der Waals surface area (Å²) in [5.74, 6) is -1.41. The zero-order valence-corrected chi connectivity index (χ0v) is 23.4. The predicted molar refractivity (Wildman–Crippen MR) is 150 cm³/mol. The van der Waals surface area contributed by atoms with Gasteiger partial charge >= 0.3 is 10.1 Å². The Morgan fingerprint density at radius 2 is 1.64 bits per heavy atom. The van der Waals surface area contributed by atoms with Gasteiger partial charge in [-0.1, -0.05) is 24.3 Å². The summed E-state index contributed by atoms with van der Waals surface area (Å²) in [6, 6.07) is 18.6. The number of thioether (sulfide) groups is 1. The molecule has 0 radical (unpaired) electrons. The molecule has 0 aromatic heterocycles. The van der Waals surface area contributed by atoms with Gasteiger partial charge in [0, 0.05) is 18.3 Å². The van der Waals surface area contributed by atoms with Crippen LogP contribution in [0.15, 0.2) is 87.1 Å². The first-order valence-corrected chi connectivity index (χ1v) is 14.3. The Hall–Kier alpha value is -3.94. The summed E-state index contributed by atoms with van der Waals surface area (Å²) in [7, 11) is -4.18. The van der Waals surface area contributed by atoms with Crippen LogP contribution in [0.2, 0.25) is 0 Å². The van der Waals surface area contributed by atoms with Crippen LogP contribution in [0, 0.1) is 0 Å². The number of para-hydroxylation sites is 1. The number of nitrogens with one attached hydrogen (secondary N) is 2. The third-order valence-electron chi connectivity index (χ3n) is 5.15. The zero-order valence-electron chi connectivity index (χ0n) is 20.2. The Labute approximate surface area is 236 Å². The van der Waals surface area contributed by atoms with Crippen molar-refractivity contribution < 1.29 is 31.8 Å². The van der Waals surface area contributed by atoms with Crippen LogP contribution in [-0.4, -0.2) is 42.8 Å². The minimum absolute atomic E-state index is 0.00350. The van der Waals surface area contributed by atoms with Gasteiger partial charge in [0.1, 0.15) is 11.4 Å². The number of amides is 4. The smallest absolute Gasteiger partial charge is 0.339 e. The van der Waals surface area contributed by atoms with E-state index in [1.54, 1.807) is 30.3 Å². The zero-order chi connectivity index (χ0) is 28.2. The fraction of sp³-hybridized carbons (Fsp3) is 0.0769. The molecule has 1 aliphatic rings. The average molecular weight is 630 g/mol. The van der Waals surface area contributed by atoms with Crippen molar-refractivity contribution >= 4 is 78.2 Å².